The van der Waals surface area contributed by atoms with E-state index in [9.17, 15) is 0 Å². The molecular weight excluding hydrogens is 214 g/mol. The fraction of sp³-hybridized carbons (Fsp3) is 0.692. The summed E-state index contributed by atoms with van der Waals surface area (Å²) in [6.45, 7) is 7.21. The van der Waals surface area contributed by atoms with Crippen molar-refractivity contribution in [1.29, 1.82) is 0 Å². The van der Waals surface area contributed by atoms with E-state index in [0.717, 1.165) is 36.8 Å². The fourth-order valence-electron chi connectivity index (χ4n) is 2.41. The quantitative estimate of drug-likeness (QED) is 0.875. The molecule has 1 aromatic rings. The van der Waals surface area contributed by atoms with Gasteiger partial charge in [0.2, 0.25) is 0 Å². The van der Waals surface area contributed by atoms with Crippen LogP contribution in [0.5, 0.6) is 0 Å². The Bertz CT molecular complexity index is 398. The Kier molecular flexibility index (Phi) is 3.62. The van der Waals surface area contributed by atoms with E-state index < -0.39 is 0 Å². The summed E-state index contributed by atoms with van der Waals surface area (Å²) in [5, 5.41) is 3.17. The van der Waals surface area contributed by atoms with Gasteiger partial charge in [-0.05, 0) is 25.7 Å². The Morgan fingerprint density at radius 1 is 1.35 bits per heavy atom. The van der Waals surface area contributed by atoms with Crippen molar-refractivity contribution in [3.63, 3.8) is 0 Å². The second-order valence-corrected chi connectivity index (χ2v) is 4.84. The van der Waals surface area contributed by atoms with E-state index in [1.165, 1.54) is 5.56 Å². The van der Waals surface area contributed by atoms with Crippen LogP contribution in [-0.2, 0) is 4.74 Å². The highest BCUT2D eigenvalue weighted by molar-refractivity contribution is 5.48. The first-order chi connectivity index (χ1) is 8.13. The SMILES string of the molecule is CNc1nc(C2CCCO2)nc(C)c1C(C)C. The predicted octanol–water partition coefficient (Wildman–Crippen LogP) is 2.80. The van der Waals surface area contributed by atoms with Gasteiger partial charge < -0.3 is 10.1 Å². The topological polar surface area (TPSA) is 47.0 Å². The van der Waals surface area contributed by atoms with E-state index in [0.29, 0.717) is 5.92 Å². The highest BCUT2D eigenvalue weighted by atomic mass is 16.5. The van der Waals surface area contributed by atoms with Crippen molar-refractivity contribution in [3.05, 3.63) is 17.1 Å². The van der Waals surface area contributed by atoms with E-state index in [2.05, 4.69) is 36.1 Å². The molecule has 1 saturated heterocycles. The number of nitrogens with one attached hydrogen (secondary N) is 1. The average Bonchev–Trinajstić information content (AvgIpc) is 2.80. The molecule has 0 aromatic carbocycles. The van der Waals surface area contributed by atoms with Crippen molar-refractivity contribution < 1.29 is 4.74 Å². The summed E-state index contributed by atoms with van der Waals surface area (Å²) in [5.41, 5.74) is 2.26. The molecule has 0 spiro atoms. The molecule has 94 valence electrons. The van der Waals surface area contributed by atoms with Crippen LogP contribution in [0.25, 0.3) is 0 Å². The van der Waals surface area contributed by atoms with E-state index >= 15 is 0 Å². The molecule has 1 fully saturated rings. The Hall–Kier alpha value is -1.16. The molecule has 0 saturated carbocycles. The maximum absolute atomic E-state index is 5.64. The second kappa shape index (κ2) is 5.00. The number of aryl methyl sites for hydroxylation is 1. The standard InChI is InChI=1S/C13H21N3O/c1-8(2)11-9(3)15-12(16-13(11)14-4)10-6-5-7-17-10/h8,10H,5-7H2,1-4H3,(H,14,15,16). The van der Waals surface area contributed by atoms with Gasteiger partial charge in [-0.3, -0.25) is 0 Å². The summed E-state index contributed by atoms with van der Waals surface area (Å²) in [5.74, 6) is 2.20. The van der Waals surface area contributed by atoms with Gasteiger partial charge in [-0.1, -0.05) is 13.8 Å². The third-order valence-corrected chi connectivity index (χ3v) is 3.19. The molecule has 17 heavy (non-hydrogen) atoms. The Labute approximate surface area is 103 Å². The Balaban J connectivity index is 2.40. The van der Waals surface area contributed by atoms with E-state index in [4.69, 9.17) is 4.74 Å². The molecule has 0 radical (unpaired) electrons. The largest absolute Gasteiger partial charge is 0.373 e. The minimum absolute atomic E-state index is 0.0852. The number of anilines is 1. The van der Waals surface area contributed by atoms with Gasteiger partial charge in [0, 0.05) is 24.9 Å². The maximum atomic E-state index is 5.64. The first kappa shape index (κ1) is 12.3. The van der Waals surface area contributed by atoms with Crippen molar-refractivity contribution in [2.45, 2.75) is 45.6 Å². The Morgan fingerprint density at radius 3 is 2.65 bits per heavy atom. The lowest BCUT2D eigenvalue weighted by molar-refractivity contribution is 0.105. The van der Waals surface area contributed by atoms with Crippen molar-refractivity contribution in [2.75, 3.05) is 19.0 Å². The van der Waals surface area contributed by atoms with Gasteiger partial charge in [0.05, 0.1) is 0 Å². The van der Waals surface area contributed by atoms with Crippen molar-refractivity contribution >= 4 is 5.82 Å². The summed E-state index contributed by atoms with van der Waals surface area (Å²) in [6.07, 6.45) is 2.22. The van der Waals surface area contributed by atoms with Gasteiger partial charge in [-0.25, -0.2) is 9.97 Å². The molecule has 4 heteroatoms. The summed E-state index contributed by atoms with van der Waals surface area (Å²) >= 11 is 0. The van der Waals surface area contributed by atoms with Crippen LogP contribution in [0, 0.1) is 6.92 Å². The zero-order chi connectivity index (χ0) is 12.4. The van der Waals surface area contributed by atoms with Crippen LogP contribution < -0.4 is 5.32 Å². The third kappa shape index (κ3) is 2.41. The van der Waals surface area contributed by atoms with Crippen molar-refractivity contribution in [3.8, 4) is 0 Å². The molecule has 1 aliphatic heterocycles. The molecule has 1 aromatic heterocycles. The van der Waals surface area contributed by atoms with Crippen LogP contribution in [-0.4, -0.2) is 23.6 Å². The molecule has 1 N–H and O–H groups in total. The molecule has 1 atom stereocenters. The zero-order valence-corrected chi connectivity index (χ0v) is 11.1. The maximum Gasteiger partial charge on any atom is 0.159 e. The van der Waals surface area contributed by atoms with Crippen LogP contribution in [0.15, 0.2) is 0 Å². The van der Waals surface area contributed by atoms with Gasteiger partial charge >= 0.3 is 0 Å². The van der Waals surface area contributed by atoms with Crippen molar-refractivity contribution in [2.24, 2.45) is 0 Å². The van der Waals surface area contributed by atoms with Crippen molar-refractivity contribution in [1.82, 2.24) is 9.97 Å². The van der Waals surface area contributed by atoms with Crippen LogP contribution in [0.2, 0.25) is 0 Å². The molecule has 2 heterocycles. The van der Waals surface area contributed by atoms with E-state index in [1.807, 2.05) is 7.05 Å². The fourth-order valence-corrected chi connectivity index (χ4v) is 2.41. The highest BCUT2D eigenvalue weighted by Gasteiger charge is 2.23. The van der Waals surface area contributed by atoms with Crippen LogP contribution in [0.3, 0.4) is 0 Å². The lowest BCUT2D eigenvalue weighted by Gasteiger charge is -2.17. The van der Waals surface area contributed by atoms with Gasteiger partial charge in [0.1, 0.15) is 11.9 Å². The average molecular weight is 235 g/mol. The molecule has 0 bridgehead atoms. The number of aromatic nitrogens is 2. The molecular formula is C13H21N3O. The summed E-state index contributed by atoms with van der Waals surface area (Å²) in [6, 6.07) is 0. The summed E-state index contributed by atoms with van der Waals surface area (Å²) in [4.78, 5) is 9.22. The summed E-state index contributed by atoms with van der Waals surface area (Å²) in [7, 11) is 1.91. The smallest absolute Gasteiger partial charge is 0.159 e. The number of ether oxygens (including phenoxy) is 1. The van der Waals surface area contributed by atoms with E-state index in [-0.39, 0.29) is 6.10 Å². The van der Waals surface area contributed by atoms with Gasteiger partial charge in [-0.2, -0.15) is 0 Å². The predicted molar refractivity (Wildman–Crippen MR) is 68.3 cm³/mol. The number of rotatable bonds is 3. The number of nitrogens with zero attached hydrogens (tertiary/aromatic N) is 2. The first-order valence-corrected chi connectivity index (χ1v) is 6.31. The Morgan fingerprint density at radius 2 is 2.12 bits per heavy atom. The van der Waals surface area contributed by atoms with Gasteiger partial charge in [-0.15, -0.1) is 0 Å². The monoisotopic (exact) mass is 235 g/mol. The number of hydrogen-bond acceptors (Lipinski definition) is 4. The number of hydrogen-bond donors (Lipinski definition) is 1. The van der Waals surface area contributed by atoms with Gasteiger partial charge in [0.25, 0.3) is 0 Å². The molecule has 1 aliphatic rings. The lowest BCUT2D eigenvalue weighted by atomic mass is 10.0. The summed E-state index contributed by atoms with van der Waals surface area (Å²) < 4.78 is 5.64. The molecule has 0 aliphatic carbocycles. The minimum Gasteiger partial charge on any atom is -0.373 e. The van der Waals surface area contributed by atoms with Crippen LogP contribution in [0.1, 0.15) is 55.8 Å². The van der Waals surface area contributed by atoms with Gasteiger partial charge in [0.15, 0.2) is 5.82 Å². The molecule has 2 rings (SSSR count). The molecule has 4 nitrogen and oxygen atoms in total. The third-order valence-electron chi connectivity index (χ3n) is 3.19. The highest BCUT2D eigenvalue weighted by Crippen LogP contribution is 2.30. The minimum atomic E-state index is 0.0852. The zero-order valence-electron chi connectivity index (χ0n) is 11.1. The van der Waals surface area contributed by atoms with Crippen LogP contribution >= 0.6 is 0 Å². The lowest BCUT2D eigenvalue weighted by Crippen LogP contribution is -2.11. The van der Waals surface area contributed by atoms with E-state index in [1.54, 1.807) is 0 Å². The first-order valence-electron chi connectivity index (χ1n) is 6.31. The normalized spacial score (nSPS) is 19.9. The second-order valence-electron chi connectivity index (χ2n) is 4.84. The van der Waals surface area contributed by atoms with Crippen LogP contribution in [0.4, 0.5) is 5.82 Å². The molecule has 1 unspecified atom stereocenters. The molecule has 0 amide bonds.